The van der Waals surface area contributed by atoms with Gasteiger partial charge in [-0.05, 0) is 43.5 Å². The number of aromatic nitrogens is 2. The van der Waals surface area contributed by atoms with Gasteiger partial charge in [-0.15, -0.1) is 22.7 Å². The Hall–Kier alpha value is -3.17. The second kappa shape index (κ2) is 8.68. The summed E-state index contributed by atoms with van der Waals surface area (Å²) in [5.74, 6) is 1.45. The van der Waals surface area contributed by atoms with Gasteiger partial charge in [0.15, 0.2) is 16.6 Å². The molecule has 4 rings (SSSR count). The maximum atomic E-state index is 12.7. The Bertz CT molecular complexity index is 1150. The molecule has 3 aromatic heterocycles. The predicted molar refractivity (Wildman–Crippen MR) is 117 cm³/mol. The third-order valence-electron chi connectivity index (χ3n) is 4.48. The van der Waals surface area contributed by atoms with Crippen LogP contribution < -0.4 is 14.8 Å². The zero-order chi connectivity index (χ0) is 21.1. The first-order chi connectivity index (χ1) is 14.5. The molecule has 0 saturated carbocycles. The summed E-state index contributed by atoms with van der Waals surface area (Å²) in [5, 5.41) is 11.2. The van der Waals surface area contributed by atoms with Gasteiger partial charge in [0.1, 0.15) is 12.4 Å². The van der Waals surface area contributed by atoms with E-state index in [1.165, 1.54) is 18.4 Å². The molecule has 154 valence electrons. The highest BCUT2D eigenvalue weighted by Crippen LogP contribution is 2.31. The van der Waals surface area contributed by atoms with E-state index in [4.69, 9.17) is 14.0 Å². The molecule has 1 N–H and O–H groups in total. The zero-order valence-corrected chi connectivity index (χ0v) is 18.2. The Balaban J connectivity index is 1.46. The van der Waals surface area contributed by atoms with Crippen molar-refractivity contribution in [2.24, 2.45) is 0 Å². The number of anilines is 1. The van der Waals surface area contributed by atoms with Gasteiger partial charge in [0.05, 0.1) is 28.9 Å². The third kappa shape index (κ3) is 4.22. The molecule has 1 amide bonds. The average molecular weight is 442 g/mol. The highest BCUT2D eigenvalue weighted by atomic mass is 32.1. The zero-order valence-electron chi connectivity index (χ0n) is 16.6. The van der Waals surface area contributed by atoms with E-state index in [0.717, 1.165) is 21.8 Å². The van der Waals surface area contributed by atoms with Crippen molar-refractivity contribution >= 4 is 33.7 Å². The quantitative estimate of drug-likeness (QED) is 0.418. The summed E-state index contributed by atoms with van der Waals surface area (Å²) in [6.07, 6.45) is 0. The van der Waals surface area contributed by atoms with Gasteiger partial charge in [-0.2, -0.15) is 0 Å². The number of thiazole rings is 1. The lowest BCUT2D eigenvalue weighted by Crippen LogP contribution is -2.12. The molecule has 1 aromatic carbocycles. The predicted octanol–water partition coefficient (Wildman–Crippen LogP) is 5.32. The van der Waals surface area contributed by atoms with Crippen LogP contribution in [0.5, 0.6) is 11.5 Å². The summed E-state index contributed by atoms with van der Waals surface area (Å²) < 4.78 is 16.4. The highest BCUT2D eigenvalue weighted by Gasteiger charge is 2.15. The van der Waals surface area contributed by atoms with Gasteiger partial charge < -0.3 is 14.0 Å². The minimum Gasteiger partial charge on any atom is -0.493 e. The van der Waals surface area contributed by atoms with Crippen molar-refractivity contribution in [1.82, 2.24) is 10.1 Å². The van der Waals surface area contributed by atoms with E-state index in [2.05, 4.69) is 15.5 Å². The molecule has 3 heterocycles. The number of nitrogens with one attached hydrogen (secondary N) is 1. The van der Waals surface area contributed by atoms with Crippen LogP contribution in [0.2, 0.25) is 0 Å². The van der Waals surface area contributed by atoms with Crippen LogP contribution in [-0.2, 0) is 6.61 Å². The lowest BCUT2D eigenvalue weighted by molar-refractivity contribution is 0.102. The number of aryl methyl sites for hydroxylation is 2. The number of carbonyl (C=O) groups is 1. The normalized spacial score (nSPS) is 10.8. The SMILES string of the molecule is COc1cc(C(=O)Nc2nc(-c3cccs3)cs2)ccc1OCc1c(C)noc1C. The maximum Gasteiger partial charge on any atom is 0.257 e. The molecule has 0 aliphatic heterocycles. The standard InChI is InChI=1S/C21H19N3O4S2/c1-12-15(13(2)28-24-12)10-27-17-7-6-14(9-18(17)26-3)20(25)23-21-22-16(11-30-21)19-5-4-8-29-19/h4-9,11H,10H2,1-3H3,(H,22,23,25). The summed E-state index contributed by atoms with van der Waals surface area (Å²) in [6.45, 7) is 4.00. The lowest BCUT2D eigenvalue weighted by Gasteiger charge is -2.12. The van der Waals surface area contributed by atoms with Crippen LogP contribution in [-0.4, -0.2) is 23.2 Å². The molecule has 9 heteroatoms. The number of carbonyl (C=O) groups excluding carboxylic acids is 1. The molecule has 4 aromatic rings. The molecule has 0 bridgehead atoms. The van der Waals surface area contributed by atoms with Crippen molar-refractivity contribution in [3.05, 3.63) is 63.7 Å². The van der Waals surface area contributed by atoms with Gasteiger partial charge in [-0.1, -0.05) is 11.2 Å². The molecular formula is C21H19N3O4S2. The van der Waals surface area contributed by atoms with Gasteiger partial charge in [-0.3, -0.25) is 10.1 Å². The van der Waals surface area contributed by atoms with E-state index >= 15 is 0 Å². The van der Waals surface area contributed by atoms with Gasteiger partial charge in [0, 0.05) is 10.9 Å². The van der Waals surface area contributed by atoms with E-state index in [0.29, 0.717) is 34.6 Å². The number of amides is 1. The summed E-state index contributed by atoms with van der Waals surface area (Å²) in [6, 6.07) is 9.02. The molecule has 0 aliphatic carbocycles. The largest absolute Gasteiger partial charge is 0.493 e. The van der Waals surface area contributed by atoms with Crippen molar-refractivity contribution in [2.45, 2.75) is 20.5 Å². The first-order valence-corrected chi connectivity index (χ1v) is 10.8. The number of benzene rings is 1. The topological polar surface area (TPSA) is 86.5 Å². The van der Waals surface area contributed by atoms with Crippen LogP contribution in [0.15, 0.2) is 45.6 Å². The monoisotopic (exact) mass is 441 g/mol. The summed E-state index contributed by atoms with van der Waals surface area (Å²) in [4.78, 5) is 18.2. The molecule has 0 radical (unpaired) electrons. The van der Waals surface area contributed by atoms with E-state index in [1.807, 2.05) is 36.7 Å². The molecule has 0 aliphatic rings. The van der Waals surface area contributed by atoms with Crippen molar-refractivity contribution in [2.75, 3.05) is 12.4 Å². The lowest BCUT2D eigenvalue weighted by atomic mass is 10.2. The average Bonchev–Trinajstić information content (AvgIpc) is 3.49. The summed E-state index contributed by atoms with van der Waals surface area (Å²) in [5.41, 5.74) is 2.98. The van der Waals surface area contributed by atoms with Gasteiger partial charge in [0.25, 0.3) is 5.91 Å². The highest BCUT2D eigenvalue weighted by molar-refractivity contribution is 7.16. The number of nitrogens with zero attached hydrogens (tertiary/aromatic N) is 2. The number of rotatable bonds is 7. The Morgan fingerprint density at radius 3 is 2.77 bits per heavy atom. The second-order valence-corrected chi connectivity index (χ2v) is 8.23. The molecule has 0 atom stereocenters. The molecular weight excluding hydrogens is 422 g/mol. The van der Waals surface area contributed by atoms with Crippen molar-refractivity contribution in [3.8, 4) is 22.1 Å². The van der Waals surface area contributed by atoms with Crippen LogP contribution in [0.4, 0.5) is 5.13 Å². The summed E-state index contributed by atoms with van der Waals surface area (Å²) >= 11 is 2.99. The van der Waals surface area contributed by atoms with Gasteiger partial charge in [0.2, 0.25) is 0 Å². The second-order valence-electron chi connectivity index (χ2n) is 6.43. The van der Waals surface area contributed by atoms with Crippen LogP contribution in [0.25, 0.3) is 10.6 Å². The number of hydrogen-bond acceptors (Lipinski definition) is 8. The van der Waals surface area contributed by atoms with Crippen molar-refractivity contribution in [1.29, 1.82) is 0 Å². The number of methoxy groups -OCH3 is 1. The molecule has 7 nitrogen and oxygen atoms in total. The fourth-order valence-corrected chi connectivity index (χ4v) is 4.29. The number of thiophene rings is 1. The van der Waals surface area contributed by atoms with E-state index in [-0.39, 0.29) is 5.91 Å². The van der Waals surface area contributed by atoms with Crippen LogP contribution in [0.1, 0.15) is 27.4 Å². The minimum absolute atomic E-state index is 0.266. The van der Waals surface area contributed by atoms with E-state index < -0.39 is 0 Å². The Morgan fingerprint density at radius 2 is 2.07 bits per heavy atom. The minimum atomic E-state index is -0.266. The molecule has 0 spiro atoms. The molecule has 0 unspecified atom stereocenters. The van der Waals surface area contributed by atoms with Crippen LogP contribution in [0.3, 0.4) is 0 Å². The Kier molecular flexibility index (Phi) is 5.82. The first kappa shape index (κ1) is 20.1. The van der Waals surface area contributed by atoms with E-state index in [9.17, 15) is 4.79 Å². The van der Waals surface area contributed by atoms with Crippen molar-refractivity contribution < 1.29 is 18.8 Å². The number of ether oxygens (including phenoxy) is 2. The fraction of sp³-hybridized carbons (Fsp3) is 0.190. The first-order valence-electron chi connectivity index (χ1n) is 9.08. The molecule has 30 heavy (non-hydrogen) atoms. The summed E-state index contributed by atoms with van der Waals surface area (Å²) in [7, 11) is 1.54. The van der Waals surface area contributed by atoms with Crippen LogP contribution >= 0.6 is 22.7 Å². The van der Waals surface area contributed by atoms with Crippen LogP contribution in [0, 0.1) is 13.8 Å². The molecule has 0 fully saturated rings. The fourth-order valence-electron chi connectivity index (χ4n) is 2.82. The Morgan fingerprint density at radius 1 is 1.20 bits per heavy atom. The third-order valence-corrected chi connectivity index (χ3v) is 6.13. The Labute approximate surface area is 181 Å². The van der Waals surface area contributed by atoms with Gasteiger partial charge in [-0.25, -0.2) is 4.98 Å². The number of hydrogen-bond donors (Lipinski definition) is 1. The van der Waals surface area contributed by atoms with Gasteiger partial charge >= 0.3 is 0 Å². The molecule has 0 saturated heterocycles. The van der Waals surface area contributed by atoms with E-state index in [1.54, 1.807) is 29.5 Å². The maximum absolute atomic E-state index is 12.7. The van der Waals surface area contributed by atoms with Crippen molar-refractivity contribution in [3.63, 3.8) is 0 Å². The smallest absolute Gasteiger partial charge is 0.257 e.